The fraction of sp³-hybridized carbons (Fsp3) is 0.190. The number of hydrogen-bond acceptors (Lipinski definition) is 6. The SMILES string of the molecule is CC(=O)N1CC(c2nc(-c3ccc(F)c(NC(=O)c4cnc5ccccn45)c3)no2)C1. The van der Waals surface area contributed by atoms with Gasteiger partial charge in [0, 0.05) is 31.8 Å². The van der Waals surface area contributed by atoms with Crippen LogP contribution < -0.4 is 5.32 Å². The lowest BCUT2D eigenvalue weighted by atomic mass is 10.0. The molecule has 0 atom stereocenters. The van der Waals surface area contributed by atoms with E-state index >= 15 is 0 Å². The van der Waals surface area contributed by atoms with Gasteiger partial charge in [-0.2, -0.15) is 4.98 Å². The molecule has 0 unspecified atom stereocenters. The molecule has 1 aromatic carbocycles. The number of fused-ring (bicyclic) bond motifs is 1. The Morgan fingerprint density at radius 2 is 2.06 bits per heavy atom. The molecule has 3 aromatic heterocycles. The molecule has 2 amide bonds. The summed E-state index contributed by atoms with van der Waals surface area (Å²) in [5, 5.41) is 6.54. The van der Waals surface area contributed by atoms with E-state index < -0.39 is 11.7 Å². The fourth-order valence-electron chi connectivity index (χ4n) is 3.46. The van der Waals surface area contributed by atoms with Gasteiger partial charge < -0.3 is 14.7 Å². The van der Waals surface area contributed by atoms with E-state index in [1.165, 1.54) is 31.3 Å². The van der Waals surface area contributed by atoms with Gasteiger partial charge in [-0.3, -0.25) is 14.0 Å². The molecule has 4 heterocycles. The average Bonchev–Trinajstić information content (AvgIpc) is 3.35. The largest absolute Gasteiger partial charge is 0.341 e. The first-order valence-corrected chi connectivity index (χ1v) is 9.62. The summed E-state index contributed by atoms with van der Waals surface area (Å²) in [4.78, 5) is 34.2. The minimum absolute atomic E-state index is 0.000806. The third-order valence-electron chi connectivity index (χ3n) is 5.24. The number of nitrogens with zero attached hydrogens (tertiary/aromatic N) is 5. The van der Waals surface area contributed by atoms with Crippen molar-refractivity contribution < 1.29 is 18.5 Å². The Hall–Kier alpha value is -4.08. The summed E-state index contributed by atoms with van der Waals surface area (Å²) in [7, 11) is 0. The highest BCUT2D eigenvalue weighted by Gasteiger charge is 2.34. The topological polar surface area (TPSA) is 106 Å². The second kappa shape index (κ2) is 7.31. The molecular weight excluding hydrogens is 403 g/mol. The van der Waals surface area contributed by atoms with Crippen molar-refractivity contribution in [3.63, 3.8) is 0 Å². The number of hydrogen-bond donors (Lipinski definition) is 1. The van der Waals surface area contributed by atoms with E-state index in [2.05, 4.69) is 20.4 Å². The summed E-state index contributed by atoms with van der Waals surface area (Å²) in [6.07, 6.45) is 3.14. The van der Waals surface area contributed by atoms with Crippen LogP contribution in [0, 0.1) is 5.82 Å². The molecule has 0 radical (unpaired) electrons. The predicted octanol–water partition coefficient (Wildman–Crippen LogP) is 2.72. The van der Waals surface area contributed by atoms with Gasteiger partial charge in [0.1, 0.15) is 17.2 Å². The molecule has 0 saturated carbocycles. The maximum Gasteiger partial charge on any atom is 0.274 e. The van der Waals surface area contributed by atoms with Gasteiger partial charge in [0.15, 0.2) is 0 Å². The Labute approximate surface area is 175 Å². The van der Waals surface area contributed by atoms with Crippen molar-refractivity contribution in [2.45, 2.75) is 12.8 Å². The van der Waals surface area contributed by atoms with Gasteiger partial charge in [-0.1, -0.05) is 11.2 Å². The van der Waals surface area contributed by atoms with Gasteiger partial charge in [-0.25, -0.2) is 9.37 Å². The number of likely N-dealkylation sites (tertiary alicyclic amines) is 1. The first-order valence-electron chi connectivity index (χ1n) is 9.62. The molecule has 0 bridgehead atoms. The van der Waals surface area contributed by atoms with Crippen molar-refractivity contribution in [3.8, 4) is 11.4 Å². The Kier molecular flexibility index (Phi) is 4.46. The molecule has 1 fully saturated rings. The van der Waals surface area contributed by atoms with Crippen LogP contribution in [0.4, 0.5) is 10.1 Å². The number of nitrogens with one attached hydrogen (secondary N) is 1. The standard InChI is InChI=1S/C21H17FN6O3/c1-12(29)27-10-14(11-27)21-25-19(26-31-21)13-5-6-15(22)16(8-13)24-20(30)17-9-23-18-4-2-3-7-28(17)18/h2-9,14H,10-11H2,1H3,(H,24,30). The van der Waals surface area contributed by atoms with Crippen LogP contribution in [0.5, 0.6) is 0 Å². The van der Waals surface area contributed by atoms with Crippen molar-refractivity contribution in [3.05, 3.63) is 66.2 Å². The van der Waals surface area contributed by atoms with Crippen molar-refractivity contribution in [2.24, 2.45) is 0 Å². The smallest absolute Gasteiger partial charge is 0.274 e. The highest BCUT2D eigenvalue weighted by molar-refractivity contribution is 6.03. The zero-order chi connectivity index (χ0) is 21.5. The van der Waals surface area contributed by atoms with Crippen LogP contribution in [-0.4, -0.2) is 49.3 Å². The van der Waals surface area contributed by atoms with E-state index in [0.29, 0.717) is 30.2 Å². The number of imidazole rings is 1. The number of halogens is 1. The van der Waals surface area contributed by atoms with Crippen molar-refractivity contribution in [1.82, 2.24) is 24.4 Å². The quantitative estimate of drug-likeness (QED) is 0.544. The molecule has 9 nitrogen and oxygen atoms in total. The summed E-state index contributed by atoms with van der Waals surface area (Å²) >= 11 is 0. The molecule has 0 spiro atoms. The first-order chi connectivity index (χ1) is 15.0. The van der Waals surface area contributed by atoms with Crippen LogP contribution >= 0.6 is 0 Å². The van der Waals surface area contributed by atoms with Gasteiger partial charge in [0.2, 0.25) is 17.6 Å². The molecular formula is C21H17FN6O3. The van der Waals surface area contributed by atoms with Crippen LogP contribution in [0.15, 0.2) is 53.3 Å². The summed E-state index contributed by atoms with van der Waals surface area (Å²) in [5.74, 6) is -0.399. The minimum Gasteiger partial charge on any atom is -0.341 e. The van der Waals surface area contributed by atoms with Crippen molar-refractivity contribution in [1.29, 1.82) is 0 Å². The molecule has 31 heavy (non-hydrogen) atoms. The highest BCUT2D eigenvalue weighted by Crippen LogP contribution is 2.29. The van der Waals surface area contributed by atoms with Gasteiger partial charge in [-0.05, 0) is 30.3 Å². The van der Waals surface area contributed by atoms with Crippen LogP contribution in [0.2, 0.25) is 0 Å². The number of carbonyl (C=O) groups excluding carboxylic acids is 2. The fourth-order valence-corrected chi connectivity index (χ4v) is 3.46. The second-order valence-electron chi connectivity index (χ2n) is 7.30. The number of benzene rings is 1. The van der Waals surface area contributed by atoms with Gasteiger partial charge >= 0.3 is 0 Å². The number of rotatable bonds is 4. The zero-order valence-electron chi connectivity index (χ0n) is 16.4. The molecule has 1 saturated heterocycles. The van der Waals surface area contributed by atoms with Crippen LogP contribution in [0.3, 0.4) is 0 Å². The Morgan fingerprint density at radius 3 is 2.87 bits per heavy atom. The number of carbonyl (C=O) groups is 2. The zero-order valence-corrected chi connectivity index (χ0v) is 16.4. The maximum absolute atomic E-state index is 14.4. The number of aromatic nitrogens is 4. The summed E-state index contributed by atoms with van der Waals surface area (Å²) in [6.45, 7) is 2.57. The van der Waals surface area contributed by atoms with E-state index in [9.17, 15) is 14.0 Å². The van der Waals surface area contributed by atoms with Crippen LogP contribution in [0.1, 0.15) is 29.2 Å². The van der Waals surface area contributed by atoms with Crippen LogP contribution in [-0.2, 0) is 4.79 Å². The first kappa shape index (κ1) is 18.9. The molecule has 1 N–H and O–H groups in total. The Bertz CT molecular complexity index is 1310. The van der Waals surface area contributed by atoms with Crippen molar-refractivity contribution >= 4 is 23.1 Å². The van der Waals surface area contributed by atoms with Crippen LogP contribution in [0.25, 0.3) is 17.0 Å². The summed E-state index contributed by atoms with van der Waals surface area (Å²) in [5.41, 5.74) is 1.38. The van der Waals surface area contributed by atoms with E-state index in [4.69, 9.17) is 4.52 Å². The Morgan fingerprint density at radius 1 is 1.23 bits per heavy atom. The summed E-state index contributed by atoms with van der Waals surface area (Å²) < 4.78 is 21.3. The monoisotopic (exact) mass is 420 g/mol. The Balaban J connectivity index is 1.36. The van der Waals surface area contributed by atoms with Gasteiger partial charge in [-0.15, -0.1) is 0 Å². The van der Waals surface area contributed by atoms with E-state index in [-0.39, 0.29) is 29.0 Å². The van der Waals surface area contributed by atoms with Crippen molar-refractivity contribution in [2.75, 3.05) is 18.4 Å². The second-order valence-corrected chi connectivity index (χ2v) is 7.30. The number of pyridine rings is 1. The minimum atomic E-state index is -0.592. The van der Waals surface area contributed by atoms with E-state index in [1.54, 1.807) is 27.6 Å². The molecule has 156 valence electrons. The third-order valence-corrected chi connectivity index (χ3v) is 5.24. The molecule has 4 aromatic rings. The number of amides is 2. The lowest BCUT2D eigenvalue weighted by molar-refractivity contribution is -0.133. The molecule has 10 heteroatoms. The average molecular weight is 420 g/mol. The van der Waals surface area contributed by atoms with Gasteiger partial charge in [0.05, 0.1) is 17.8 Å². The third kappa shape index (κ3) is 3.41. The van der Waals surface area contributed by atoms with Gasteiger partial charge in [0.25, 0.3) is 5.91 Å². The number of anilines is 1. The van der Waals surface area contributed by atoms with E-state index in [0.717, 1.165) is 0 Å². The molecule has 1 aliphatic rings. The predicted molar refractivity (Wildman–Crippen MR) is 108 cm³/mol. The summed E-state index contributed by atoms with van der Waals surface area (Å²) in [6, 6.07) is 9.55. The molecule has 5 rings (SSSR count). The van der Waals surface area contributed by atoms with E-state index in [1.807, 2.05) is 6.07 Å². The normalized spacial score (nSPS) is 13.9. The highest BCUT2D eigenvalue weighted by atomic mass is 19.1. The maximum atomic E-state index is 14.4. The molecule has 0 aliphatic carbocycles. The lowest BCUT2D eigenvalue weighted by Crippen LogP contribution is -2.47. The molecule has 1 aliphatic heterocycles. The lowest BCUT2D eigenvalue weighted by Gasteiger charge is -2.36.